The zero-order chi connectivity index (χ0) is 12.9. The molecule has 0 heterocycles. The van der Waals surface area contributed by atoms with E-state index in [1.54, 1.807) is 6.92 Å². The molecule has 0 aliphatic rings. The Morgan fingerprint density at radius 1 is 0.750 bits per heavy atom. The van der Waals surface area contributed by atoms with E-state index in [9.17, 15) is 0 Å². The maximum Gasteiger partial charge on any atom is 2.00 e. The monoisotopic (exact) mass is 382 g/mol. The van der Waals surface area contributed by atoms with Crippen molar-refractivity contribution in [3.05, 3.63) is 0 Å². The molecule has 0 unspecified atom stereocenters. The van der Waals surface area contributed by atoms with Crippen molar-refractivity contribution in [2.45, 2.75) is 34.6 Å². The first-order valence-corrected chi connectivity index (χ1v) is 7.46. The zero-order valence-electron chi connectivity index (χ0n) is 14.6. The van der Waals surface area contributed by atoms with Crippen LogP contribution in [0.3, 0.4) is 0 Å². The van der Waals surface area contributed by atoms with Crippen LogP contribution < -0.4 is 0 Å². The summed E-state index contributed by atoms with van der Waals surface area (Å²) in [6, 6.07) is 0. The molecule has 0 amide bonds. The van der Waals surface area contributed by atoms with Crippen LogP contribution in [-0.2, 0) is 17.7 Å². The predicted octanol–water partition coefficient (Wildman–Crippen LogP) is 1.07. The molecule has 20 heavy (non-hydrogen) atoms. The van der Waals surface area contributed by atoms with Gasteiger partial charge in [-0.3, -0.25) is 0 Å². The summed E-state index contributed by atoms with van der Waals surface area (Å²) >= 11 is 0. The molecule has 0 rings (SSSR count). The van der Waals surface area contributed by atoms with Gasteiger partial charge in [-0.05, 0) is 34.6 Å². The Bertz CT molecular complexity index is 135. The first-order chi connectivity index (χ1) is 7.66. The Balaban J connectivity index is -0.0000000336. The van der Waals surface area contributed by atoms with Gasteiger partial charge in [0, 0.05) is 33.0 Å². The molecule has 10 heteroatoms. The molecule has 0 aliphatic heterocycles. The molecule has 0 radical (unpaired) electrons. The van der Waals surface area contributed by atoms with E-state index in [2.05, 4.69) is 0 Å². The van der Waals surface area contributed by atoms with Crippen LogP contribution in [0.25, 0.3) is 0 Å². The Labute approximate surface area is 167 Å². The summed E-state index contributed by atoms with van der Waals surface area (Å²) in [7, 11) is -2.80. The molecule has 1 N–H and O–H groups in total. The molecular formula is C10H33AlCl2MgO5Si. The number of hydrogen-bond acceptors (Lipinski definition) is 5. The number of hydrogen-bond donors (Lipinski definition) is 1. The van der Waals surface area contributed by atoms with Crippen LogP contribution in [0.5, 0.6) is 0 Å². The number of rotatable bonds is 8. The summed E-state index contributed by atoms with van der Waals surface area (Å²) in [6.07, 6.45) is 0. The van der Waals surface area contributed by atoms with Crippen LogP contribution in [0.4, 0.5) is 0 Å². The number of aliphatic hydroxyl groups excluding tert-OH is 1. The van der Waals surface area contributed by atoms with E-state index in [-0.39, 0.29) is 74.7 Å². The summed E-state index contributed by atoms with van der Waals surface area (Å²) in [4.78, 5) is 0. The zero-order valence-corrected chi connectivity index (χ0v) is 16.7. The fraction of sp³-hybridized carbons (Fsp3) is 1.00. The Morgan fingerprint density at radius 3 is 1.00 bits per heavy atom. The summed E-state index contributed by atoms with van der Waals surface area (Å²) in [5.41, 5.74) is 0. The topological polar surface area (TPSA) is 57.2 Å². The number of aliphatic hydroxyl groups is 1. The van der Waals surface area contributed by atoms with Gasteiger partial charge in [-0.2, -0.15) is 0 Å². The van der Waals surface area contributed by atoms with Crippen LogP contribution >= 0.6 is 24.8 Å². The molecule has 0 bridgehead atoms. The van der Waals surface area contributed by atoms with Crippen LogP contribution in [0.15, 0.2) is 0 Å². The normalized spacial score (nSPS) is 8.70. The van der Waals surface area contributed by atoms with Gasteiger partial charge in [0.2, 0.25) is 0 Å². The van der Waals surface area contributed by atoms with E-state index in [0.29, 0.717) is 26.4 Å². The van der Waals surface area contributed by atoms with Gasteiger partial charge >= 0.3 is 32.1 Å². The van der Waals surface area contributed by atoms with Gasteiger partial charge in [-0.1, -0.05) is 0 Å². The van der Waals surface area contributed by atoms with Gasteiger partial charge < -0.3 is 25.7 Å². The Kier molecular flexibility index (Phi) is 54.8. The van der Waals surface area contributed by atoms with Crippen molar-refractivity contribution < 1.29 is 25.7 Å². The summed E-state index contributed by atoms with van der Waals surface area (Å²) < 4.78 is 21.7. The molecule has 126 valence electrons. The van der Waals surface area contributed by atoms with E-state index < -0.39 is 9.05 Å². The van der Waals surface area contributed by atoms with Gasteiger partial charge in [0.25, 0.3) is 0 Å². The minimum atomic E-state index is -2.80. The predicted molar refractivity (Wildman–Crippen MR) is 97.4 cm³/mol. The van der Waals surface area contributed by atoms with Gasteiger partial charge in [-0.15, -0.1) is 24.8 Å². The summed E-state index contributed by atoms with van der Waals surface area (Å²) in [6.45, 7) is 11.7. The smallest absolute Gasteiger partial charge is 1.00 e. The third-order valence-electron chi connectivity index (χ3n) is 1.28. The third kappa shape index (κ3) is 22.2. The SMILES string of the molecule is CCO.CCO[Si](OCC)(OCC)OCC.Cl.Cl.[AlH3].[H-].[H-].[Mg+2]. The molecule has 0 aromatic carbocycles. The van der Waals surface area contributed by atoms with Crippen LogP contribution in [-0.4, -0.2) is 87.6 Å². The van der Waals surface area contributed by atoms with Crippen LogP contribution in [0, 0.1) is 0 Å². The molecular weight excluding hydrogens is 350 g/mol. The molecule has 0 spiro atoms. The number of halogens is 2. The molecule has 5 nitrogen and oxygen atoms in total. The average Bonchev–Trinajstić information content (AvgIpc) is 2.20. The van der Waals surface area contributed by atoms with E-state index in [4.69, 9.17) is 22.8 Å². The van der Waals surface area contributed by atoms with Crippen molar-refractivity contribution in [3.63, 3.8) is 0 Å². The second kappa shape index (κ2) is 29.0. The van der Waals surface area contributed by atoms with Crippen molar-refractivity contribution in [3.8, 4) is 0 Å². The van der Waals surface area contributed by atoms with Crippen molar-refractivity contribution >= 4 is 74.3 Å². The standard InChI is InChI=1S/C8H20O4Si.C2H6O.Al.2ClH.Mg.5H/c1-5-9-13(10-6-2,11-7-3)12-8-4;1-2-3;;;;;;;;;/h5-8H2,1-4H3;3H,2H2,1H3;;2*1H;;;;;;/q;;;;;+2;;;;2*-1. The fourth-order valence-electron chi connectivity index (χ4n) is 0.957. The van der Waals surface area contributed by atoms with E-state index in [1.807, 2.05) is 27.7 Å². The van der Waals surface area contributed by atoms with Crippen LogP contribution in [0.1, 0.15) is 37.5 Å². The minimum Gasteiger partial charge on any atom is -1.00 e. The molecule has 0 aliphatic carbocycles. The Morgan fingerprint density at radius 2 is 0.900 bits per heavy atom. The van der Waals surface area contributed by atoms with Crippen LogP contribution in [0.2, 0.25) is 0 Å². The van der Waals surface area contributed by atoms with Gasteiger partial charge in [0.15, 0.2) is 17.4 Å². The molecule has 0 saturated carbocycles. The molecule has 0 atom stereocenters. The molecule has 0 saturated heterocycles. The Hall–Kier alpha value is 1.90. The van der Waals surface area contributed by atoms with E-state index >= 15 is 0 Å². The first kappa shape index (κ1) is 37.8. The fourth-order valence-corrected chi connectivity index (χ4v) is 2.87. The van der Waals surface area contributed by atoms with Gasteiger partial charge in [0.05, 0.1) is 0 Å². The maximum absolute atomic E-state index is 7.57. The van der Waals surface area contributed by atoms with Crippen molar-refractivity contribution in [1.29, 1.82) is 0 Å². The van der Waals surface area contributed by atoms with E-state index in [1.165, 1.54) is 0 Å². The maximum atomic E-state index is 7.57. The quantitative estimate of drug-likeness (QED) is 0.636. The second-order valence-corrected chi connectivity index (χ2v) is 4.70. The molecule has 0 fully saturated rings. The summed E-state index contributed by atoms with van der Waals surface area (Å²) in [5.74, 6) is 0. The van der Waals surface area contributed by atoms with Crippen molar-refractivity contribution in [2.24, 2.45) is 0 Å². The van der Waals surface area contributed by atoms with Gasteiger partial charge in [-0.25, -0.2) is 0 Å². The average molecular weight is 384 g/mol. The second-order valence-electron chi connectivity index (χ2n) is 2.55. The van der Waals surface area contributed by atoms with Crippen molar-refractivity contribution in [2.75, 3.05) is 33.0 Å². The largest absolute Gasteiger partial charge is 2.00 e. The van der Waals surface area contributed by atoms with E-state index in [0.717, 1.165) is 0 Å². The molecule has 0 aromatic heterocycles. The molecule has 0 aromatic rings. The first-order valence-electron chi connectivity index (χ1n) is 5.82. The third-order valence-corrected chi connectivity index (χ3v) is 3.85. The van der Waals surface area contributed by atoms with Gasteiger partial charge in [0.1, 0.15) is 0 Å². The van der Waals surface area contributed by atoms with Crippen molar-refractivity contribution in [1.82, 2.24) is 0 Å². The summed E-state index contributed by atoms with van der Waals surface area (Å²) in [5, 5.41) is 7.57. The minimum absolute atomic E-state index is 0.